The second-order valence-electron chi connectivity index (χ2n) is 4.83. The van der Waals surface area contributed by atoms with Crippen LogP contribution in [0.4, 0.5) is 0 Å². The maximum atomic E-state index is 3.50. The number of fused-ring (bicyclic) bond motifs is 1. The SMILES string of the molecule is Cc1ccc(C(NSI)c2c[nH]c3ccccc23)cc1. The van der Waals surface area contributed by atoms with Crippen molar-refractivity contribution in [1.29, 1.82) is 0 Å². The van der Waals surface area contributed by atoms with Gasteiger partial charge >= 0.3 is 0 Å². The van der Waals surface area contributed by atoms with Crippen LogP contribution in [-0.4, -0.2) is 4.98 Å². The molecule has 4 heteroatoms. The Balaban J connectivity index is 2.08. The van der Waals surface area contributed by atoms with Crippen molar-refractivity contribution >= 4 is 41.2 Å². The lowest BCUT2D eigenvalue weighted by atomic mass is 9.98. The molecular formula is C16H15IN2S. The summed E-state index contributed by atoms with van der Waals surface area (Å²) in [6.45, 7) is 2.12. The van der Waals surface area contributed by atoms with Gasteiger partial charge in [0, 0.05) is 38.3 Å². The summed E-state index contributed by atoms with van der Waals surface area (Å²) in [6.07, 6.45) is 2.11. The van der Waals surface area contributed by atoms with Gasteiger partial charge < -0.3 is 4.98 Å². The van der Waals surface area contributed by atoms with Crippen LogP contribution in [0.15, 0.2) is 54.7 Å². The van der Waals surface area contributed by atoms with Gasteiger partial charge in [-0.3, -0.25) is 0 Å². The minimum absolute atomic E-state index is 0.189. The molecule has 1 atom stereocenters. The Labute approximate surface area is 135 Å². The summed E-state index contributed by atoms with van der Waals surface area (Å²) in [6, 6.07) is 17.3. The zero-order valence-electron chi connectivity index (χ0n) is 11.1. The topological polar surface area (TPSA) is 27.8 Å². The summed E-state index contributed by atoms with van der Waals surface area (Å²) < 4.78 is 3.50. The summed E-state index contributed by atoms with van der Waals surface area (Å²) in [5.74, 6) is 0. The molecule has 0 radical (unpaired) electrons. The first-order valence-electron chi connectivity index (χ1n) is 6.45. The Morgan fingerprint density at radius 1 is 1.10 bits per heavy atom. The molecule has 0 saturated heterocycles. The Morgan fingerprint density at radius 2 is 1.85 bits per heavy atom. The predicted molar refractivity (Wildman–Crippen MR) is 96.1 cm³/mol. The van der Waals surface area contributed by atoms with Crippen LogP contribution < -0.4 is 4.72 Å². The molecule has 20 heavy (non-hydrogen) atoms. The van der Waals surface area contributed by atoms with Gasteiger partial charge in [0.25, 0.3) is 0 Å². The van der Waals surface area contributed by atoms with Crippen LogP contribution in [0.1, 0.15) is 22.7 Å². The van der Waals surface area contributed by atoms with E-state index in [4.69, 9.17) is 0 Å². The van der Waals surface area contributed by atoms with Crippen LogP contribution >= 0.6 is 30.3 Å². The molecule has 1 unspecified atom stereocenters. The minimum Gasteiger partial charge on any atom is -0.361 e. The maximum absolute atomic E-state index is 3.50. The molecule has 102 valence electrons. The largest absolute Gasteiger partial charge is 0.361 e. The van der Waals surface area contributed by atoms with Crippen LogP contribution in [0, 0.1) is 6.92 Å². The highest BCUT2D eigenvalue weighted by molar-refractivity contribution is 14.2. The van der Waals surface area contributed by atoms with Gasteiger partial charge in [0.2, 0.25) is 0 Å². The molecule has 0 aliphatic rings. The van der Waals surface area contributed by atoms with Crippen LogP contribution in [0.3, 0.4) is 0 Å². The number of H-pyrrole nitrogens is 1. The van der Waals surface area contributed by atoms with Gasteiger partial charge in [0.15, 0.2) is 0 Å². The number of aromatic amines is 1. The van der Waals surface area contributed by atoms with E-state index in [-0.39, 0.29) is 6.04 Å². The van der Waals surface area contributed by atoms with Crippen molar-refractivity contribution < 1.29 is 0 Å². The average molecular weight is 394 g/mol. The molecule has 0 bridgehead atoms. The quantitative estimate of drug-likeness (QED) is 0.473. The van der Waals surface area contributed by atoms with Crippen molar-refractivity contribution in [1.82, 2.24) is 9.71 Å². The van der Waals surface area contributed by atoms with Gasteiger partial charge in [-0.2, -0.15) is 0 Å². The fourth-order valence-electron chi connectivity index (χ4n) is 2.45. The third kappa shape index (κ3) is 2.73. The molecule has 2 aromatic carbocycles. The fourth-order valence-corrected chi connectivity index (χ4v) is 3.56. The number of nitrogens with one attached hydrogen (secondary N) is 2. The normalized spacial score (nSPS) is 12.7. The molecule has 0 spiro atoms. The van der Waals surface area contributed by atoms with Crippen molar-refractivity contribution in [3.63, 3.8) is 0 Å². The standard InChI is InChI=1S/C16H15IN2S/c1-11-6-8-12(9-7-11)16(19-20-17)14-10-18-15-5-3-2-4-13(14)15/h2-10,16,18-19H,1H3. The number of aromatic nitrogens is 1. The third-order valence-electron chi connectivity index (χ3n) is 3.51. The summed E-state index contributed by atoms with van der Waals surface area (Å²) >= 11 is 2.28. The van der Waals surface area contributed by atoms with Gasteiger partial charge in [-0.05, 0) is 33.2 Å². The van der Waals surface area contributed by atoms with E-state index in [0.717, 1.165) is 0 Å². The first-order valence-corrected chi connectivity index (χ1v) is 9.81. The lowest BCUT2D eigenvalue weighted by Gasteiger charge is -2.17. The van der Waals surface area contributed by atoms with Gasteiger partial charge in [-0.1, -0.05) is 48.0 Å². The van der Waals surface area contributed by atoms with E-state index in [9.17, 15) is 0 Å². The van der Waals surface area contributed by atoms with E-state index in [1.807, 2.05) is 0 Å². The number of halogens is 1. The monoisotopic (exact) mass is 394 g/mol. The highest BCUT2D eigenvalue weighted by atomic mass is 127. The second-order valence-corrected chi connectivity index (χ2v) is 6.54. The summed E-state index contributed by atoms with van der Waals surface area (Å²) in [4.78, 5) is 3.36. The van der Waals surface area contributed by atoms with Crippen LogP contribution in [0.5, 0.6) is 0 Å². The highest BCUT2D eigenvalue weighted by Gasteiger charge is 2.17. The molecule has 2 nitrogen and oxygen atoms in total. The number of rotatable bonds is 4. The van der Waals surface area contributed by atoms with Gasteiger partial charge in [-0.25, -0.2) is 4.72 Å². The highest BCUT2D eigenvalue weighted by Crippen LogP contribution is 2.31. The first kappa shape index (κ1) is 14.0. The van der Waals surface area contributed by atoms with E-state index < -0.39 is 0 Å². The van der Waals surface area contributed by atoms with E-state index in [1.165, 1.54) is 27.6 Å². The molecule has 3 aromatic rings. The number of hydrogen-bond donors (Lipinski definition) is 2. The molecule has 3 rings (SSSR count). The van der Waals surface area contributed by atoms with Crippen LogP contribution in [0.25, 0.3) is 10.9 Å². The van der Waals surface area contributed by atoms with E-state index in [0.29, 0.717) is 0 Å². The molecule has 1 heterocycles. The van der Waals surface area contributed by atoms with Crippen LogP contribution in [0.2, 0.25) is 0 Å². The van der Waals surface area contributed by atoms with Crippen molar-refractivity contribution in [2.45, 2.75) is 13.0 Å². The number of aryl methyl sites for hydroxylation is 1. The van der Waals surface area contributed by atoms with Crippen molar-refractivity contribution in [3.8, 4) is 0 Å². The van der Waals surface area contributed by atoms with Gasteiger partial charge in [0.1, 0.15) is 0 Å². The lowest BCUT2D eigenvalue weighted by Crippen LogP contribution is -2.13. The van der Waals surface area contributed by atoms with Gasteiger partial charge in [0.05, 0.1) is 6.04 Å². The molecule has 0 saturated carbocycles. The second kappa shape index (κ2) is 6.20. The molecular weight excluding hydrogens is 379 g/mol. The molecule has 0 aliphatic carbocycles. The summed E-state index contributed by atoms with van der Waals surface area (Å²) in [7, 11) is 1.62. The molecule has 0 aliphatic heterocycles. The van der Waals surface area contributed by atoms with Crippen LogP contribution in [-0.2, 0) is 0 Å². The average Bonchev–Trinajstić information content (AvgIpc) is 2.90. The van der Waals surface area contributed by atoms with E-state index >= 15 is 0 Å². The lowest BCUT2D eigenvalue weighted by molar-refractivity contribution is 0.815. The zero-order chi connectivity index (χ0) is 13.9. The van der Waals surface area contributed by atoms with Gasteiger partial charge in [-0.15, -0.1) is 0 Å². The molecule has 2 N–H and O–H groups in total. The smallest absolute Gasteiger partial charge is 0.0699 e. The van der Waals surface area contributed by atoms with Crippen molar-refractivity contribution in [3.05, 3.63) is 71.4 Å². The Bertz CT molecular complexity index is 706. The summed E-state index contributed by atoms with van der Waals surface area (Å²) in [5, 5.41) is 1.27. The van der Waals surface area contributed by atoms with E-state index in [1.54, 1.807) is 9.12 Å². The van der Waals surface area contributed by atoms with E-state index in [2.05, 4.69) is 92.6 Å². The molecule has 0 amide bonds. The maximum Gasteiger partial charge on any atom is 0.0699 e. The summed E-state index contributed by atoms with van der Waals surface area (Å²) in [5.41, 5.74) is 5.03. The molecule has 1 aromatic heterocycles. The molecule has 0 fully saturated rings. The number of hydrogen-bond acceptors (Lipinski definition) is 2. The Kier molecular flexibility index (Phi) is 4.33. The zero-order valence-corrected chi connectivity index (χ0v) is 14.0. The fraction of sp³-hybridized carbons (Fsp3) is 0.125. The van der Waals surface area contributed by atoms with Crippen molar-refractivity contribution in [2.24, 2.45) is 0 Å². The Morgan fingerprint density at radius 3 is 2.60 bits per heavy atom. The third-order valence-corrected chi connectivity index (χ3v) is 4.59. The minimum atomic E-state index is 0.189. The first-order chi connectivity index (χ1) is 9.79. The predicted octanol–water partition coefficient (Wildman–Crippen LogP) is 5.15. The van der Waals surface area contributed by atoms with Crippen molar-refractivity contribution in [2.75, 3.05) is 0 Å². The Hall–Kier alpha value is -0.980. The number of benzene rings is 2. The number of para-hydroxylation sites is 1.